The Morgan fingerprint density at radius 3 is 2.78 bits per heavy atom. The summed E-state index contributed by atoms with van der Waals surface area (Å²) in [6.07, 6.45) is 6.56. The molecule has 0 spiro atoms. The van der Waals surface area contributed by atoms with Crippen LogP contribution in [0.25, 0.3) is 16.9 Å². The topological polar surface area (TPSA) is 64.8 Å². The van der Waals surface area contributed by atoms with Crippen LogP contribution in [0.4, 0.5) is 5.82 Å². The van der Waals surface area contributed by atoms with E-state index in [1.807, 2.05) is 32.4 Å². The van der Waals surface area contributed by atoms with Crippen LogP contribution >= 0.6 is 0 Å². The Morgan fingerprint density at radius 2 is 2.04 bits per heavy atom. The zero-order chi connectivity index (χ0) is 18.6. The van der Waals surface area contributed by atoms with Gasteiger partial charge in [-0.3, -0.25) is 9.38 Å². The van der Waals surface area contributed by atoms with Crippen LogP contribution in [0.5, 0.6) is 0 Å². The Labute approximate surface area is 159 Å². The largest absolute Gasteiger partial charge is 0.381 e. The summed E-state index contributed by atoms with van der Waals surface area (Å²) in [7, 11) is 0. The molecule has 0 bridgehead atoms. The van der Waals surface area contributed by atoms with Crippen LogP contribution < -0.4 is 4.90 Å². The standard InChI is InChI=1S/C20H25N5O2/c1-3-26-11-6-17-5-4-16(14-22-17)18-15(2)23-20-19(21-7-8-25(18)20)24-9-12-27-13-10-24/h4-5,7-8,14H,3,6,9-13H2,1-2H3. The van der Waals surface area contributed by atoms with Crippen molar-refractivity contribution in [3.05, 3.63) is 42.1 Å². The molecule has 0 saturated carbocycles. The van der Waals surface area contributed by atoms with E-state index in [4.69, 9.17) is 14.5 Å². The summed E-state index contributed by atoms with van der Waals surface area (Å²) in [4.78, 5) is 16.3. The van der Waals surface area contributed by atoms with Crippen molar-refractivity contribution >= 4 is 11.5 Å². The number of aromatic nitrogens is 4. The second-order valence-electron chi connectivity index (χ2n) is 6.57. The summed E-state index contributed by atoms with van der Waals surface area (Å²) in [6.45, 7) is 8.60. The van der Waals surface area contributed by atoms with Crippen molar-refractivity contribution in [2.24, 2.45) is 0 Å². The minimum absolute atomic E-state index is 0.700. The van der Waals surface area contributed by atoms with Crippen molar-refractivity contribution in [3.63, 3.8) is 0 Å². The van der Waals surface area contributed by atoms with E-state index >= 15 is 0 Å². The van der Waals surface area contributed by atoms with E-state index in [2.05, 4.69) is 31.4 Å². The first kappa shape index (κ1) is 17.9. The molecule has 0 radical (unpaired) electrons. The number of nitrogens with zero attached hydrogens (tertiary/aromatic N) is 5. The summed E-state index contributed by atoms with van der Waals surface area (Å²) >= 11 is 0. The number of pyridine rings is 1. The quantitative estimate of drug-likeness (QED) is 0.624. The SMILES string of the molecule is CCOCCc1ccc(-c2c(C)nc3c(N4CCOCC4)nccn23)cn1. The Hall–Kier alpha value is -2.51. The van der Waals surface area contributed by atoms with Gasteiger partial charge < -0.3 is 14.4 Å². The second-order valence-corrected chi connectivity index (χ2v) is 6.57. The first-order valence-corrected chi connectivity index (χ1v) is 9.47. The van der Waals surface area contributed by atoms with E-state index in [0.29, 0.717) is 6.61 Å². The number of anilines is 1. The smallest absolute Gasteiger partial charge is 0.181 e. The molecule has 3 aromatic rings. The number of morpholine rings is 1. The summed E-state index contributed by atoms with van der Waals surface area (Å²) in [6, 6.07) is 4.18. The number of hydrogen-bond donors (Lipinski definition) is 0. The van der Waals surface area contributed by atoms with Gasteiger partial charge in [0.25, 0.3) is 0 Å². The highest BCUT2D eigenvalue weighted by Gasteiger charge is 2.20. The van der Waals surface area contributed by atoms with Gasteiger partial charge in [-0.05, 0) is 26.0 Å². The maximum atomic E-state index is 5.46. The molecule has 4 heterocycles. The minimum Gasteiger partial charge on any atom is -0.381 e. The Bertz CT molecular complexity index is 901. The summed E-state index contributed by atoms with van der Waals surface area (Å²) in [5.41, 5.74) is 5.01. The molecular formula is C20H25N5O2. The fourth-order valence-electron chi connectivity index (χ4n) is 3.46. The van der Waals surface area contributed by atoms with Gasteiger partial charge in [0.05, 0.1) is 31.2 Å². The molecule has 1 aliphatic rings. The first-order valence-electron chi connectivity index (χ1n) is 9.47. The summed E-state index contributed by atoms with van der Waals surface area (Å²) in [5.74, 6) is 0.913. The first-order chi connectivity index (χ1) is 13.3. The molecule has 1 aliphatic heterocycles. The van der Waals surface area contributed by atoms with Crippen molar-refractivity contribution in [1.82, 2.24) is 19.4 Å². The van der Waals surface area contributed by atoms with Crippen molar-refractivity contribution in [2.75, 3.05) is 44.4 Å². The average molecular weight is 367 g/mol. The second kappa shape index (κ2) is 8.02. The molecule has 0 aliphatic carbocycles. The molecule has 7 heteroatoms. The van der Waals surface area contributed by atoms with Crippen LogP contribution in [0.1, 0.15) is 18.3 Å². The summed E-state index contributed by atoms with van der Waals surface area (Å²) in [5, 5.41) is 0. The zero-order valence-corrected chi connectivity index (χ0v) is 15.9. The van der Waals surface area contributed by atoms with Crippen LogP contribution in [-0.2, 0) is 15.9 Å². The highest BCUT2D eigenvalue weighted by Crippen LogP contribution is 2.28. The third-order valence-electron chi connectivity index (χ3n) is 4.81. The van der Waals surface area contributed by atoms with E-state index in [1.165, 1.54) is 0 Å². The molecular weight excluding hydrogens is 342 g/mol. The van der Waals surface area contributed by atoms with Gasteiger partial charge in [-0.1, -0.05) is 0 Å². The lowest BCUT2D eigenvalue weighted by Gasteiger charge is -2.27. The van der Waals surface area contributed by atoms with E-state index in [1.54, 1.807) is 0 Å². The third-order valence-corrected chi connectivity index (χ3v) is 4.81. The molecule has 0 atom stereocenters. The normalized spacial score (nSPS) is 14.8. The molecule has 0 aromatic carbocycles. The predicted octanol–water partition coefficient (Wildman–Crippen LogP) is 2.52. The number of rotatable bonds is 6. The van der Waals surface area contributed by atoms with E-state index in [-0.39, 0.29) is 0 Å². The molecule has 4 rings (SSSR count). The van der Waals surface area contributed by atoms with Crippen molar-refractivity contribution in [1.29, 1.82) is 0 Å². The van der Waals surface area contributed by atoms with Crippen LogP contribution in [0.3, 0.4) is 0 Å². The molecule has 3 aromatic heterocycles. The third kappa shape index (κ3) is 3.65. The van der Waals surface area contributed by atoms with Crippen molar-refractivity contribution < 1.29 is 9.47 Å². The van der Waals surface area contributed by atoms with Gasteiger partial charge in [0.1, 0.15) is 0 Å². The summed E-state index contributed by atoms with van der Waals surface area (Å²) < 4.78 is 13.0. The van der Waals surface area contributed by atoms with Crippen LogP contribution in [-0.4, -0.2) is 58.9 Å². The fraction of sp³-hybridized carbons (Fsp3) is 0.450. The Morgan fingerprint density at radius 1 is 1.19 bits per heavy atom. The molecule has 1 saturated heterocycles. The fourth-order valence-corrected chi connectivity index (χ4v) is 3.46. The van der Waals surface area contributed by atoms with Crippen LogP contribution in [0, 0.1) is 6.92 Å². The molecule has 142 valence electrons. The number of ether oxygens (including phenoxy) is 2. The van der Waals surface area contributed by atoms with Gasteiger partial charge >= 0.3 is 0 Å². The lowest BCUT2D eigenvalue weighted by atomic mass is 10.1. The van der Waals surface area contributed by atoms with Crippen LogP contribution in [0.15, 0.2) is 30.7 Å². The average Bonchev–Trinajstić information content (AvgIpc) is 3.05. The molecule has 0 N–H and O–H groups in total. The van der Waals surface area contributed by atoms with E-state index in [0.717, 1.165) is 73.4 Å². The van der Waals surface area contributed by atoms with Gasteiger partial charge in [-0.25, -0.2) is 9.97 Å². The zero-order valence-electron chi connectivity index (χ0n) is 15.9. The molecule has 27 heavy (non-hydrogen) atoms. The van der Waals surface area contributed by atoms with Gasteiger partial charge in [0.15, 0.2) is 11.5 Å². The lowest BCUT2D eigenvalue weighted by molar-refractivity contribution is 0.122. The molecule has 0 amide bonds. The molecule has 7 nitrogen and oxygen atoms in total. The number of aryl methyl sites for hydroxylation is 1. The van der Waals surface area contributed by atoms with Crippen molar-refractivity contribution in [3.8, 4) is 11.3 Å². The number of imidazole rings is 1. The predicted molar refractivity (Wildman–Crippen MR) is 104 cm³/mol. The van der Waals surface area contributed by atoms with Gasteiger partial charge in [-0.2, -0.15) is 0 Å². The maximum absolute atomic E-state index is 5.46. The number of fused-ring (bicyclic) bond motifs is 1. The maximum Gasteiger partial charge on any atom is 0.181 e. The monoisotopic (exact) mass is 367 g/mol. The van der Waals surface area contributed by atoms with Gasteiger partial charge in [0, 0.05) is 56.0 Å². The van der Waals surface area contributed by atoms with Gasteiger partial charge in [-0.15, -0.1) is 0 Å². The number of hydrogen-bond acceptors (Lipinski definition) is 6. The minimum atomic E-state index is 0.700. The molecule has 0 unspecified atom stereocenters. The molecule has 1 fully saturated rings. The highest BCUT2D eigenvalue weighted by molar-refractivity contribution is 5.73. The van der Waals surface area contributed by atoms with Crippen LogP contribution in [0.2, 0.25) is 0 Å². The van der Waals surface area contributed by atoms with Crippen molar-refractivity contribution in [2.45, 2.75) is 20.3 Å². The van der Waals surface area contributed by atoms with E-state index in [9.17, 15) is 0 Å². The van der Waals surface area contributed by atoms with Gasteiger partial charge in [0.2, 0.25) is 0 Å². The Kier molecular flexibility index (Phi) is 5.31. The van der Waals surface area contributed by atoms with E-state index < -0.39 is 0 Å². The highest BCUT2D eigenvalue weighted by atomic mass is 16.5. The Balaban J connectivity index is 1.67. The lowest BCUT2D eigenvalue weighted by Crippen LogP contribution is -2.37.